The number of nitrogens with one attached hydrogen (secondary N) is 1. The first-order valence-electron chi connectivity index (χ1n) is 6.38. The van der Waals surface area contributed by atoms with Crippen LogP contribution in [0.2, 0.25) is 0 Å². The van der Waals surface area contributed by atoms with E-state index in [1.54, 1.807) is 24.3 Å². The molecule has 1 N–H and O–H groups in total. The number of hydrogen-bond acceptors (Lipinski definition) is 3. The van der Waals surface area contributed by atoms with Crippen molar-refractivity contribution in [3.63, 3.8) is 0 Å². The Morgan fingerprint density at radius 3 is 2.90 bits per heavy atom. The highest BCUT2D eigenvalue weighted by Crippen LogP contribution is 2.23. The lowest BCUT2D eigenvalue weighted by Gasteiger charge is -2.26. The monoisotopic (exact) mass is 280 g/mol. The van der Waals surface area contributed by atoms with Gasteiger partial charge in [0.05, 0.1) is 24.1 Å². The summed E-state index contributed by atoms with van der Waals surface area (Å²) in [6.45, 7) is -1.01. The van der Waals surface area contributed by atoms with Gasteiger partial charge in [-0.3, -0.25) is 14.3 Å². The van der Waals surface area contributed by atoms with Crippen LogP contribution in [0.15, 0.2) is 24.3 Å². The Labute approximate surface area is 114 Å². The van der Waals surface area contributed by atoms with Crippen LogP contribution in [-0.4, -0.2) is 40.0 Å². The summed E-state index contributed by atoms with van der Waals surface area (Å²) >= 11 is 0. The number of carbonyl (C=O) groups excluding carboxylic acids is 1. The number of aromatic nitrogens is 2. The minimum Gasteiger partial charge on any atom is -0.354 e. The molecule has 1 aliphatic rings. The third kappa shape index (κ3) is 2.36. The number of benzene rings is 1. The molecule has 1 aromatic heterocycles. The highest BCUT2D eigenvalue weighted by molar-refractivity contribution is 5.79. The first-order chi connectivity index (χ1) is 9.65. The smallest absolute Gasteiger partial charge is 0.320 e. The number of nitrogens with zero attached hydrogens (tertiary/aromatic N) is 3. The fraction of sp³-hybridized carbons (Fsp3) is 0.385. The van der Waals surface area contributed by atoms with Gasteiger partial charge in [-0.1, -0.05) is 12.1 Å². The van der Waals surface area contributed by atoms with Gasteiger partial charge in [0, 0.05) is 13.1 Å². The average molecular weight is 280 g/mol. The minimum atomic E-state index is -2.64. The van der Waals surface area contributed by atoms with Crippen molar-refractivity contribution in [3.8, 4) is 0 Å². The van der Waals surface area contributed by atoms with Crippen LogP contribution in [0.1, 0.15) is 12.4 Å². The molecule has 3 rings (SSSR count). The number of alkyl halides is 2. The van der Waals surface area contributed by atoms with E-state index >= 15 is 0 Å². The molecule has 0 spiro atoms. The molecule has 106 valence electrons. The van der Waals surface area contributed by atoms with Crippen LogP contribution in [0.25, 0.3) is 11.0 Å². The molecule has 0 radical (unpaired) electrons. The van der Waals surface area contributed by atoms with E-state index in [4.69, 9.17) is 0 Å². The second-order valence-corrected chi connectivity index (χ2v) is 4.73. The van der Waals surface area contributed by atoms with Gasteiger partial charge in [0.2, 0.25) is 5.91 Å². The van der Waals surface area contributed by atoms with Crippen LogP contribution in [0.4, 0.5) is 8.78 Å². The lowest BCUT2D eigenvalue weighted by Crippen LogP contribution is -2.47. The number of amides is 1. The zero-order valence-corrected chi connectivity index (χ0v) is 10.7. The highest BCUT2D eigenvalue weighted by Gasteiger charge is 2.22. The highest BCUT2D eigenvalue weighted by atomic mass is 19.3. The van der Waals surface area contributed by atoms with Gasteiger partial charge < -0.3 is 5.32 Å². The predicted octanol–water partition coefficient (Wildman–Crippen LogP) is 1.36. The summed E-state index contributed by atoms with van der Waals surface area (Å²) in [6.07, 6.45) is 0. The SMILES string of the molecule is O=C1CN(Cc2nc3ccccc3n2C(F)F)CCN1. The van der Waals surface area contributed by atoms with Crippen LogP contribution >= 0.6 is 0 Å². The van der Waals surface area contributed by atoms with E-state index in [0.29, 0.717) is 24.1 Å². The van der Waals surface area contributed by atoms with Crippen molar-refractivity contribution >= 4 is 16.9 Å². The van der Waals surface area contributed by atoms with Gasteiger partial charge in [-0.05, 0) is 12.1 Å². The maximum absolute atomic E-state index is 13.2. The second-order valence-electron chi connectivity index (χ2n) is 4.73. The molecule has 0 unspecified atom stereocenters. The summed E-state index contributed by atoms with van der Waals surface area (Å²) in [5.41, 5.74) is 0.961. The van der Waals surface area contributed by atoms with Crippen LogP contribution in [0.5, 0.6) is 0 Å². The Kier molecular flexibility index (Phi) is 3.35. The van der Waals surface area contributed by atoms with Crippen molar-refractivity contribution in [2.24, 2.45) is 0 Å². The van der Waals surface area contributed by atoms with Gasteiger partial charge >= 0.3 is 6.55 Å². The van der Waals surface area contributed by atoms with Gasteiger partial charge in [0.15, 0.2) is 0 Å². The third-order valence-electron chi connectivity index (χ3n) is 3.35. The molecule has 5 nitrogen and oxygen atoms in total. The molecular formula is C13H14F2N4O. The summed E-state index contributed by atoms with van der Waals surface area (Å²) < 4.78 is 27.4. The van der Waals surface area contributed by atoms with Gasteiger partial charge in [0.25, 0.3) is 0 Å². The van der Waals surface area contributed by atoms with Crippen molar-refractivity contribution in [3.05, 3.63) is 30.1 Å². The molecule has 20 heavy (non-hydrogen) atoms. The number of halogens is 2. The molecule has 0 bridgehead atoms. The van der Waals surface area contributed by atoms with Gasteiger partial charge in [-0.2, -0.15) is 8.78 Å². The van der Waals surface area contributed by atoms with E-state index in [2.05, 4.69) is 10.3 Å². The molecule has 0 atom stereocenters. The summed E-state index contributed by atoms with van der Waals surface area (Å²) in [4.78, 5) is 17.4. The maximum atomic E-state index is 13.2. The molecule has 1 aliphatic heterocycles. The van der Waals surface area contributed by atoms with Gasteiger partial charge in [0.1, 0.15) is 5.82 Å². The third-order valence-corrected chi connectivity index (χ3v) is 3.35. The van der Waals surface area contributed by atoms with Gasteiger partial charge in [-0.25, -0.2) is 4.98 Å². The van der Waals surface area contributed by atoms with E-state index in [-0.39, 0.29) is 24.8 Å². The number of fused-ring (bicyclic) bond motifs is 1. The van der Waals surface area contributed by atoms with Crippen molar-refractivity contribution in [1.82, 2.24) is 19.8 Å². The zero-order valence-electron chi connectivity index (χ0n) is 10.7. The fourth-order valence-corrected chi connectivity index (χ4v) is 2.45. The van der Waals surface area contributed by atoms with Crippen molar-refractivity contribution in [1.29, 1.82) is 0 Å². The number of hydrogen-bond donors (Lipinski definition) is 1. The molecule has 1 saturated heterocycles. The summed E-state index contributed by atoms with van der Waals surface area (Å²) in [5.74, 6) is 0.201. The minimum absolute atomic E-state index is 0.0871. The van der Waals surface area contributed by atoms with E-state index < -0.39 is 6.55 Å². The number of para-hydroxylation sites is 2. The molecule has 7 heteroatoms. The number of rotatable bonds is 3. The van der Waals surface area contributed by atoms with Crippen molar-refractivity contribution in [2.45, 2.75) is 13.1 Å². The lowest BCUT2D eigenvalue weighted by atomic mass is 10.3. The molecular weight excluding hydrogens is 266 g/mol. The number of imidazole rings is 1. The van der Waals surface area contributed by atoms with E-state index in [1.807, 2.05) is 4.90 Å². The molecule has 2 aromatic rings. The topological polar surface area (TPSA) is 50.2 Å². The fourth-order valence-electron chi connectivity index (χ4n) is 2.45. The lowest BCUT2D eigenvalue weighted by molar-refractivity contribution is -0.124. The Bertz CT molecular complexity index is 640. The summed E-state index contributed by atoms with van der Waals surface area (Å²) in [7, 11) is 0. The number of piperazine rings is 1. The predicted molar refractivity (Wildman–Crippen MR) is 69.3 cm³/mol. The number of carbonyl (C=O) groups is 1. The van der Waals surface area contributed by atoms with Gasteiger partial charge in [-0.15, -0.1) is 0 Å². The van der Waals surface area contributed by atoms with E-state index in [0.717, 1.165) is 4.57 Å². The maximum Gasteiger partial charge on any atom is 0.320 e. The molecule has 1 fully saturated rings. The molecule has 1 amide bonds. The van der Waals surface area contributed by atoms with Crippen molar-refractivity contribution < 1.29 is 13.6 Å². The van der Waals surface area contributed by atoms with Crippen LogP contribution in [0.3, 0.4) is 0 Å². The molecule has 0 aliphatic carbocycles. The van der Waals surface area contributed by atoms with Crippen LogP contribution in [0, 0.1) is 0 Å². The Morgan fingerprint density at radius 1 is 1.35 bits per heavy atom. The van der Waals surface area contributed by atoms with Crippen molar-refractivity contribution in [2.75, 3.05) is 19.6 Å². The summed E-state index contributed by atoms with van der Waals surface area (Å²) in [6, 6.07) is 6.81. The quantitative estimate of drug-likeness (QED) is 0.923. The molecule has 0 saturated carbocycles. The molecule has 1 aromatic carbocycles. The summed E-state index contributed by atoms with van der Waals surface area (Å²) in [5, 5.41) is 2.71. The molecule has 2 heterocycles. The Balaban J connectivity index is 1.94. The average Bonchev–Trinajstić information content (AvgIpc) is 2.76. The Hall–Kier alpha value is -2.02. The second kappa shape index (κ2) is 5.16. The zero-order chi connectivity index (χ0) is 14.1. The van der Waals surface area contributed by atoms with Crippen LogP contribution < -0.4 is 5.32 Å². The Morgan fingerprint density at radius 2 is 2.15 bits per heavy atom. The van der Waals surface area contributed by atoms with E-state index in [1.165, 1.54) is 0 Å². The first-order valence-corrected chi connectivity index (χ1v) is 6.38. The normalized spacial score (nSPS) is 16.9. The largest absolute Gasteiger partial charge is 0.354 e. The standard InChI is InChI=1S/C13H14F2N4O/c14-13(15)19-10-4-2-1-3-9(10)17-11(19)7-18-6-5-16-12(20)8-18/h1-4,13H,5-8H2,(H,16,20). The van der Waals surface area contributed by atoms with E-state index in [9.17, 15) is 13.6 Å². The van der Waals surface area contributed by atoms with Crippen LogP contribution in [-0.2, 0) is 11.3 Å². The first kappa shape index (κ1) is 13.0.